The zero-order valence-corrected chi connectivity index (χ0v) is 14.4. The van der Waals surface area contributed by atoms with Gasteiger partial charge in [0.15, 0.2) is 0 Å². The number of fused-ring (bicyclic) bond motifs is 1. The zero-order chi connectivity index (χ0) is 17.0. The Hall–Kier alpha value is -1.73. The summed E-state index contributed by atoms with van der Waals surface area (Å²) >= 11 is 0. The molecular weight excluding hydrogens is 319 g/mol. The lowest BCUT2D eigenvalue weighted by Crippen LogP contribution is -2.21. The number of carbonyl (C=O) groups is 1. The molecule has 126 valence electrons. The van der Waals surface area contributed by atoms with Crippen molar-refractivity contribution in [2.24, 2.45) is 0 Å². The van der Waals surface area contributed by atoms with E-state index in [1.165, 1.54) is 22.9 Å². The van der Waals surface area contributed by atoms with Crippen molar-refractivity contribution in [3.63, 3.8) is 0 Å². The van der Waals surface area contributed by atoms with Crippen molar-refractivity contribution in [2.45, 2.75) is 13.2 Å². The first-order valence-electron chi connectivity index (χ1n) is 7.18. The van der Waals surface area contributed by atoms with Gasteiger partial charge in [-0.05, 0) is 37.0 Å². The maximum Gasteiger partial charge on any atom is 0.211 e. The van der Waals surface area contributed by atoms with Crippen molar-refractivity contribution in [2.75, 3.05) is 31.1 Å². The molecule has 1 aromatic heterocycles. The monoisotopic (exact) mass is 340 g/mol. The third-order valence-corrected chi connectivity index (χ3v) is 4.71. The number of ether oxygens (including phenoxy) is 1. The van der Waals surface area contributed by atoms with E-state index in [-0.39, 0.29) is 24.3 Å². The van der Waals surface area contributed by atoms with Gasteiger partial charge >= 0.3 is 0 Å². The molecule has 0 aliphatic rings. The van der Waals surface area contributed by atoms with E-state index in [0.717, 1.165) is 5.75 Å². The van der Waals surface area contributed by atoms with Gasteiger partial charge in [-0.3, -0.25) is 4.79 Å². The van der Waals surface area contributed by atoms with Crippen LogP contribution in [0.3, 0.4) is 0 Å². The van der Waals surface area contributed by atoms with E-state index in [1.807, 2.05) is 0 Å². The SMILES string of the molecule is CS(C)(C)CCOCn1nc(CC=O)c(=O)c2ccc(F)cc21. The van der Waals surface area contributed by atoms with Gasteiger partial charge in [-0.15, -0.1) is 0 Å². The Kier molecular flexibility index (Phi) is 5.54. The average molecular weight is 340 g/mol. The van der Waals surface area contributed by atoms with Crippen LogP contribution in [0.4, 0.5) is 4.39 Å². The lowest BCUT2D eigenvalue weighted by atomic mass is 10.2. The summed E-state index contributed by atoms with van der Waals surface area (Å²) in [5.41, 5.74) is 0.166. The summed E-state index contributed by atoms with van der Waals surface area (Å²) in [4.78, 5) is 23.0. The maximum atomic E-state index is 13.5. The summed E-state index contributed by atoms with van der Waals surface area (Å²) in [5, 5.41) is 4.49. The fourth-order valence-electron chi connectivity index (χ4n) is 2.08. The Balaban J connectivity index is 2.33. The predicted octanol–water partition coefficient (Wildman–Crippen LogP) is 1.95. The Labute approximate surface area is 135 Å². The molecule has 0 radical (unpaired) electrons. The van der Waals surface area contributed by atoms with Crippen LogP contribution in [-0.2, 0) is 22.7 Å². The Morgan fingerprint density at radius 2 is 2.09 bits per heavy atom. The van der Waals surface area contributed by atoms with E-state index >= 15 is 0 Å². The highest BCUT2D eigenvalue weighted by molar-refractivity contribution is 8.32. The minimum atomic E-state index is -0.662. The molecule has 0 N–H and O–H groups in total. The van der Waals surface area contributed by atoms with Crippen LogP contribution in [0.5, 0.6) is 0 Å². The molecule has 0 fully saturated rings. The van der Waals surface area contributed by atoms with Gasteiger partial charge in [0.25, 0.3) is 0 Å². The quantitative estimate of drug-likeness (QED) is 0.571. The molecule has 1 heterocycles. The number of benzene rings is 1. The van der Waals surface area contributed by atoms with E-state index < -0.39 is 15.8 Å². The molecule has 1 aromatic carbocycles. The Bertz CT molecular complexity index is 768. The lowest BCUT2D eigenvalue weighted by Gasteiger charge is -2.24. The summed E-state index contributed by atoms with van der Waals surface area (Å²) in [5.74, 6) is 0.496. The van der Waals surface area contributed by atoms with Gasteiger partial charge in [-0.25, -0.2) is 19.1 Å². The van der Waals surface area contributed by atoms with Crippen molar-refractivity contribution in [1.29, 1.82) is 0 Å². The molecule has 0 aliphatic heterocycles. The molecule has 0 spiro atoms. The highest BCUT2D eigenvalue weighted by Gasteiger charge is 2.12. The van der Waals surface area contributed by atoms with Crippen LogP contribution >= 0.6 is 10.0 Å². The fraction of sp³-hybridized carbons (Fsp3) is 0.438. The number of nitrogens with zero attached hydrogens (tertiary/aromatic N) is 2. The molecule has 0 bridgehead atoms. The van der Waals surface area contributed by atoms with Crippen LogP contribution in [-0.4, -0.2) is 47.2 Å². The summed E-state index contributed by atoms with van der Waals surface area (Å²) in [7, 11) is -0.662. The molecular formula is C16H21FN2O3S. The van der Waals surface area contributed by atoms with Gasteiger partial charge in [0.05, 0.1) is 18.5 Å². The second-order valence-electron chi connectivity index (χ2n) is 6.14. The van der Waals surface area contributed by atoms with E-state index in [9.17, 15) is 14.0 Å². The number of halogens is 1. The van der Waals surface area contributed by atoms with E-state index in [1.54, 1.807) is 0 Å². The van der Waals surface area contributed by atoms with Crippen LogP contribution in [0.15, 0.2) is 23.0 Å². The fourth-order valence-corrected chi connectivity index (χ4v) is 2.70. The summed E-state index contributed by atoms with van der Waals surface area (Å²) in [6.45, 7) is 0.675. The molecule has 23 heavy (non-hydrogen) atoms. The van der Waals surface area contributed by atoms with Gasteiger partial charge in [0, 0.05) is 11.1 Å². The smallest absolute Gasteiger partial charge is 0.211 e. The molecule has 0 saturated heterocycles. The van der Waals surface area contributed by atoms with E-state index in [4.69, 9.17) is 4.74 Å². The molecule has 0 amide bonds. The molecule has 0 aliphatic carbocycles. The first-order chi connectivity index (χ1) is 10.8. The first-order valence-corrected chi connectivity index (χ1v) is 10.2. The largest absolute Gasteiger partial charge is 0.358 e. The third kappa shape index (κ3) is 4.62. The van der Waals surface area contributed by atoms with Gasteiger partial charge in [0.1, 0.15) is 24.5 Å². The van der Waals surface area contributed by atoms with Gasteiger partial charge in [-0.2, -0.15) is 5.10 Å². The number of rotatable bonds is 7. The second kappa shape index (κ2) is 7.23. The lowest BCUT2D eigenvalue weighted by molar-refractivity contribution is -0.107. The predicted molar refractivity (Wildman–Crippen MR) is 91.9 cm³/mol. The van der Waals surface area contributed by atoms with Crippen molar-refractivity contribution < 1.29 is 13.9 Å². The van der Waals surface area contributed by atoms with Gasteiger partial charge in [0.2, 0.25) is 5.43 Å². The molecule has 7 heteroatoms. The number of carbonyl (C=O) groups excluding carboxylic acids is 1. The molecule has 2 rings (SSSR count). The second-order valence-corrected chi connectivity index (χ2v) is 10.7. The summed E-state index contributed by atoms with van der Waals surface area (Å²) in [6.07, 6.45) is 7.15. The van der Waals surface area contributed by atoms with Crippen LogP contribution in [0.25, 0.3) is 10.9 Å². The topological polar surface area (TPSA) is 61.2 Å². The van der Waals surface area contributed by atoms with Crippen LogP contribution < -0.4 is 5.43 Å². The minimum Gasteiger partial charge on any atom is -0.358 e. The normalized spacial score (nSPS) is 12.5. The molecule has 0 atom stereocenters. The molecule has 5 nitrogen and oxygen atoms in total. The highest BCUT2D eigenvalue weighted by atomic mass is 32.3. The number of hydrogen-bond acceptors (Lipinski definition) is 4. The van der Waals surface area contributed by atoms with Crippen molar-refractivity contribution >= 4 is 27.2 Å². The minimum absolute atomic E-state index is 0.0711. The highest BCUT2D eigenvalue weighted by Crippen LogP contribution is 2.33. The van der Waals surface area contributed by atoms with E-state index in [2.05, 4.69) is 23.9 Å². The molecule has 0 saturated carbocycles. The molecule has 0 unspecified atom stereocenters. The van der Waals surface area contributed by atoms with Crippen molar-refractivity contribution in [3.05, 3.63) is 39.9 Å². The zero-order valence-electron chi connectivity index (χ0n) is 13.5. The number of hydrogen-bond donors (Lipinski definition) is 0. The standard InChI is InChI=1S/C16H21FN2O3S/c1-23(2,3)9-8-22-11-19-15-10-12(17)4-5-13(15)16(21)14(18-19)6-7-20/h4-5,7,10H,6,8-9,11H2,1-3H3. The maximum absolute atomic E-state index is 13.5. The number of aldehydes is 1. The van der Waals surface area contributed by atoms with Crippen LogP contribution in [0.2, 0.25) is 0 Å². The van der Waals surface area contributed by atoms with Gasteiger partial charge < -0.3 is 9.53 Å². The van der Waals surface area contributed by atoms with E-state index in [0.29, 0.717) is 23.8 Å². The van der Waals surface area contributed by atoms with Gasteiger partial charge in [-0.1, -0.05) is 0 Å². The number of aromatic nitrogens is 2. The van der Waals surface area contributed by atoms with Crippen molar-refractivity contribution in [1.82, 2.24) is 9.78 Å². The Morgan fingerprint density at radius 3 is 2.74 bits per heavy atom. The Morgan fingerprint density at radius 1 is 1.35 bits per heavy atom. The molecule has 2 aromatic rings. The summed E-state index contributed by atoms with van der Waals surface area (Å²) < 4.78 is 20.6. The van der Waals surface area contributed by atoms with Crippen molar-refractivity contribution in [3.8, 4) is 0 Å². The third-order valence-electron chi connectivity index (χ3n) is 3.32. The summed E-state index contributed by atoms with van der Waals surface area (Å²) in [6, 6.07) is 3.90. The average Bonchev–Trinajstić information content (AvgIpc) is 2.47. The first kappa shape index (κ1) is 17.6. The van der Waals surface area contributed by atoms with Crippen LogP contribution in [0.1, 0.15) is 5.69 Å². The van der Waals surface area contributed by atoms with Crippen LogP contribution in [0, 0.1) is 5.82 Å².